The topological polar surface area (TPSA) is 91.8 Å². The Bertz CT molecular complexity index is 670. The third-order valence-corrected chi connectivity index (χ3v) is 3.70. The number of rotatable bonds is 5. The molecule has 12 heteroatoms. The number of hydrogen-bond acceptors (Lipinski definition) is 4. The van der Waals surface area contributed by atoms with E-state index < -0.39 is 56.1 Å². The Morgan fingerprint density at radius 2 is 2.08 bits per heavy atom. The third-order valence-electron chi connectivity index (χ3n) is 3.70. The molecule has 1 aliphatic heterocycles. The molecule has 0 unspecified atom stereocenters. The summed E-state index contributed by atoms with van der Waals surface area (Å²) >= 11 is 0. The van der Waals surface area contributed by atoms with Crippen molar-refractivity contribution in [2.75, 3.05) is 25.0 Å². The molecule has 1 aromatic heterocycles. The number of likely N-dealkylation sites (tertiary alicyclic amines) is 1. The second-order valence-electron chi connectivity index (χ2n) is 5.49. The lowest BCUT2D eigenvalue weighted by molar-refractivity contribution is -0.187. The smallest absolute Gasteiger partial charge is 0.394 e. The van der Waals surface area contributed by atoms with Gasteiger partial charge in [0.2, 0.25) is 5.88 Å². The van der Waals surface area contributed by atoms with Gasteiger partial charge < -0.3 is 20.1 Å². The number of aromatic nitrogens is 1. The summed E-state index contributed by atoms with van der Waals surface area (Å²) in [7, 11) is 0. The summed E-state index contributed by atoms with van der Waals surface area (Å²) in [5, 5.41) is 11.1. The van der Waals surface area contributed by atoms with Gasteiger partial charge in [0.25, 0.3) is 6.43 Å². The van der Waals surface area contributed by atoms with Crippen molar-refractivity contribution in [1.82, 2.24) is 9.88 Å². The van der Waals surface area contributed by atoms with Crippen LogP contribution in [0, 0.1) is 11.8 Å². The molecule has 1 fully saturated rings. The van der Waals surface area contributed by atoms with E-state index in [2.05, 4.69) is 10.3 Å². The number of ether oxygens (including phenoxy) is 1. The molecule has 26 heavy (non-hydrogen) atoms. The molecule has 0 radical (unpaired) electrons. The van der Waals surface area contributed by atoms with Gasteiger partial charge in [0, 0.05) is 19.3 Å². The molecule has 2 heterocycles. The average Bonchev–Trinajstić information content (AvgIpc) is 3.00. The second kappa shape index (κ2) is 7.70. The highest BCUT2D eigenvalue weighted by atomic mass is 19.4. The van der Waals surface area contributed by atoms with Crippen molar-refractivity contribution >= 4 is 17.7 Å². The number of carbonyl (C=O) groups is 2. The Hall–Kier alpha value is -2.66. The maximum Gasteiger partial charge on any atom is 0.394 e. The highest BCUT2D eigenvalue weighted by molar-refractivity contribution is 5.91. The normalized spacial score (nSPS) is 20.3. The molecule has 0 bridgehead atoms. The number of carboxylic acids is 1. The van der Waals surface area contributed by atoms with Gasteiger partial charge in [-0.2, -0.15) is 13.2 Å². The minimum Gasteiger partial charge on any atom is -0.481 e. The molecule has 1 saturated heterocycles. The molecule has 0 saturated carbocycles. The molecule has 2 N–H and O–H groups in total. The second-order valence-corrected chi connectivity index (χ2v) is 5.49. The first kappa shape index (κ1) is 19.7. The zero-order chi connectivity index (χ0) is 19.5. The number of hydrogen-bond donors (Lipinski definition) is 2. The van der Waals surface area contributed by atoms with E-state index in [1.807, 2.05) is 0 Å². The van der Waals surface area contributed by atoms with Crippen LogP contribution < -0.4 is 10.1 Å². The van der Waals surface area contributed by atoms with Crippen molar-refractivity contribution in [2.24, 2.45) is 11.8 Å². The van der Waals surface area contributed by atoms with Gasteiger partial charge in [0.1, 0.15) is 5.69 Å². The molecule has 2 amide bonds. The molecule has 2 rings (SSSR count). The number of carbonyl (C=O) groups excluding carboxylic acids is 1. The summed E-state index contributed by atoms with van der Waals surface area (Å²) in [6.07, 6.45) is -6.35. The Balaban J connectivity index is 2.10. The van der Waals surface area contributed by atoms with E-state index in [0.717, 1.165) is 0 Å². The first-order chi connectivity index (χ1) is 12.1. The van der Waals surface area contributed by atoms with Crippen molar-refractivity contribution in [3.05, 3.63) is 18.3 Å². The Labute approximate surface area is 143 Å². The van der Waals surface area contributed by atoms with E-state index >= 15 is 0 Å². The van der Waals surface area contributed by atoms with Crippen LogP contribution in [0.3, 0.4) is 0 Å². The average molecular weight is 383 g/mol. The first-order valence-electron chi connectivity index (χ1n) is 7.31. The van der Waals surface area contributed by atoms with Crippen LogP contribution in [0.5, 0.6) is 5.88 Å². The summed E-state index contributed by atoms with van der Waals surface area (Å²) in [5.41, 5.74) is -0.125. The number of halogens is 5. The Morgan fingerprint density at radius 1 is 1.38 bits per heavy atom. The van der Waals surface area contributed by atoms with Gasteiger partial charge in [-0.1, -0.05) is 0 Å². The predicted octanol–water partition coefficient (Wildman–Crippen LogP) is 2.45. The molecule has 2 atom stereocenters. The Morgan fingerprint density at radius 3 is 2.62 bits per heavy atom. The fourth-order valence-electron chi connectivity index (χ4n) is 2.49. The fourth-order valence-corrected chi connectivity index (χ4v) is 2.49. The SMILES string of the molecule is O=C(O)[C@@H]1CN(C(=O)Nc2cccnc2OCC(F)F)C[C@H]1C(F)(F)F. The van der Waals surface area contributed by atoms with Crippen LogP contribution in [0.4, 0.5) is 32.4 Å². The number of nitrogens with one attached hydrogen (secondary N) is 1. The highest BCUT2D eigenvalue weighted by Crippen LogP contribution is 2.38. The van der Waals surface area contributed by atoms with Crippen LogP contribution in [-0.2, 0) is 4.79 Å². The van der Waals surface area contributed by atoms with Crippen LogP contribution in [0.15, 0.2) is 18.3 Å². The molecule has 0 aromatic carbocycles. The highest BCUT2D eigenvalue weighted by Gasteiger charge is 2.53. The van der Waals surface area contributed by atoms with Gasteiger partial charge in [0.05, 0.1) is 11.8 Å². The third kappa shape index (κ3) is 4.70. The number of nitrogens with zero attached hydrogens (tertiary/aromatic N) is 2. The number of alkyl halides is 5. The molecule has 0 aliphatic carbocycles. The summed E-state index contributed by atoms with van der Waals surface area (Å²) in [6, 6.07) is 1.60. The van der Waals surface area contributed by atoms with Crippen molar-refractivity contribution in [3.8, 4) is 5.88 Å². The number of aliphatic carboxylic acids is 1. The molecular formula is C14H14F5N3O4. The lowest BCUT2D eigenvalue weighted by atomic mass is 9.96. The first-order valence-corrected chi connectivity index (χ1v) is 7.31. The number of amides is 2. The molecular weight excluding hydrogens is 369 g/mol. The molecule has 7 nitrogen and oxygen atoms in total. The van der Waals surface area contributed by atoms with E-state index in [-0.39, 0.29) is 11.6 Å². The van der Waals surface area contributed by atoms with Crippen molar-refractivity contribution in [3.63, 3.8) is 0 Å². The number of anilines is 1. The van der Waals surface area contributed by atoms with Gasteiger partial charge in [-0.25, -0.2) is 18.6 Å². The molecule has 1 aromatic rings. The summed E-state index contributed by atoms with van der Waals surface area (Å²) in [4.78, 5) is 27.6. The van der Waals surface area contributed by atoms with Crippen molar-refractivity contribution in [2.45, 2.75) is 12.6 Å². The van der Waals surface area contributed by atoms with Crippen LogP contribution in [0.2, 0.25) is 0 Å². The monoisotopic (exact) mass is 383 g/mol. The standard InChI is InChI=1S/C14H14F5N3O4/c15-10(16)6-26-11-9(2-1-3-20-11)21-13(25)22-4-7(12(23)24)8(5-22)14(17,18)19/h1-3,7-8,10H,4-6H2,(H,21,25)(H,23,24)/t7-,8-/m1/s1. The summed E-state index contributed by atoms with van der Waals surface area (Å²) in [5.74, 6) is -5.98. The van der Waals surface area contributed by atoms with E-state index in [4.69, 9.17) is 9.84 Å². The minimum absolute atomic E-state index is 0.125. The van der Waals surface area contributed by atoms with E-state index in [0.29, 0.717) is 4.90 Å². The van der Waals surface area contributed by atoms with Gasteiger partial charge in [-0.15, -0.1) is 0 Å². The van der Waals surface area contributed by atoms with Crippen LogP contribution in [-0.4, -0.2) is 59.3 Å². The van der Waals surface area contributed by atoms with Crippen LogP contribution in [0.25, 0.3) is 0 Å². The van der Waals surface area contributed by atoms with Crippen LogP contribution >= 0.6 is 0 Å². The van der Waals surface area contributed by atoms with E-state index in [1.165, 1.54) is 18.3 Å². The maximum absolute atomic E-state index is 13.0. The zero-order valence-electron chi connectivity index (χ0n) is 13.0. The number of urea groups is 1. The summed E-state index contributed by atoms with van der Waals surface area (Å²) < 4.78 is 68.0. The van der Waals surface area contributed by atoms with Crippen molar-refractivity contribution in [1.29, 1.82) is 0 Å². The van der Waals surface area contributed by atoms with Crippen LogP contribution in [0.1, 0.15) is 0 Å². The molecule has 144 valence electrons. The van der Waals surface area contributed by atoms with Crippen molar-refractivity contribution < 1.29 is 41.4 Å². The van der Waals surface area contributed by atoms with Gasteiger partial charge in [-0.3, -0.25) is 4.79 Å². The Kier molecular flexibility index (Phi) is 5.83. The minimum atomic E-state index is -4.78. The number of pyridine rings is 1. The zero-order valence-corrected chi connectivity index (χ0v) is 13.0. The summed E-state index contributed by atoms with van der Waals surface area (Å²) in [6.45, 7) is -2.46. The molecule has 0 spiro atoms. The van der Waals surface area contributed by atoms with E-state index in [9.17, 15) is 31.5 Å². The van der Waals surface area contributed by atoms with Gasteiger partial charge in [-0.05, 0) is 12.1 Å². The number of carboxylic acid groups (broad SMARTS) is 1. The fraction of sp³-hybridized carbons (Fsp3) is 0.500. The maximum atomic E-state index is 13.0. The largest absolute Gasteiger partial charge is 0.481 e. The lowest BCUT2D eigenvalue weighted by Crippen LogP contribution is -2.35. The molecule has 1 aliphatic rings. The van der Waals surface area contributed by atoms with E-state index in [1.54, 1.807) is 0 Å². The van der Waals surface area contributed by atoms with Gasteiger partial charge >= 0.3 is 18.2 Å². The quantitative estimate of drug-likeness (QED) is 0.763. The predicted molar refractivity (Wildman–Crippen MR) is 77.0 cm³/mol. The lowest BCUT2D eigenvalue weighted by Gasteiger charge is -2.19. The van der Waals surface area contributed by atoms with Gasteiger partial charge in [0.15, 0.2) is 6.61 Å².